The molecule has 6 heteroatoms. The van der Waals surface area contributed by atoms with Gasteiger partial charge in [0.05, 0.1) is 4.90 Å². The minimum Gasteiger partial charge on any atom is -0.350 e. The molecule has 1 amide bonds. The van der Waals surface area contributed by atoms with Gasteiger partial charge in [-0.05, 0) is 56.4 Å². The summed E-state index contributed by atoms with van der Waals surface area (Å²) in [5.41, 5.74) is 0.997. The van der Waals surface area contributed by atoms with E-state index in [1.165, 1.54) is 12.1 Å². The second-order valence-electron chi connectivity index (χ2n) is 5.93. The standard InChI is InChI=1S/C15H24N2O3S/c1-10(2)5-6-12(4)17-15(18)13-7-11(3)8-14(9-13)21(16,19)20/h7-10,12H,5-6H2,1-4H3,(H,17,18)(H2,16,19,20). The van der Waals surface area contributed by atoms with Gasteiger partial charge in [0.25, 0.3) is 5.91 Å². The fraction of sp³-hybridized carbons (Fsp3) is 0.533. The zero-order valence-corrected chi connectivity index (χ0v) is 13.8. The number of sulfonamides is 1. The maximum atomic E-state index is 12.2. The fourth-order valence-corrected chi connectivity index (χ4v) is 2.65. The average Bonchev–Trinajstić information content (AvgIpc) is 2.34. The van der Waals surface area contributed by atoms with E-state index in [2.05, 4.69) is 19.2 Å². The largest absolute Gasteiger partial charge is 0.350 e. The highest BCUT2D eigenvalue weighted by Crippen LogP contribution is 2.14. The molecule has 0 saturated heterocycles. The van der Waals surface area contributed by atoms with Crippen LogP contribution in [-0.4, -0.2) is 20.4 Å². The van der Waals surface area contributed by atoms with Gasteiger partial charge in [0.2, 0.25) is 10.0 Å². The summed E-state index contributed by atoms with van der Waals surface area (Å²) in [7, 11) is -3.81. The Morgan fingerprint density at radius 3 is 2.33 bits per heavy atom. The van der Waals surface area contributed by atoms with Gasteiger partial charge in [-0.1, -0.05) is 13.8 Å². The summed E-state index contributed by atoms with van der Waals surface area (Å²) >= 11 is 0. The number of benzene rings is 1. The second kappa shape index (κ2) is 7.04. The van der Waals surface area contributed by atoms with Crippen molar-refractivity contribution in [3.63, 3.8) is 0 Å². The Hall–Kier alpha value is -1.40. The number of amides is 1. The van der Waals surface area contributed by atoms with Gasteiger partial charge in [0.1, 0.15) is 0 Å². The molecular weight excluding hydrogens is 288 g/mol. The number of aryl methyl sites for hydroxylation is 1. The number of nitrogens with two attached hydrogens (primary N) is 1. The molecule has 1 rings (SSSR count). The van der Waals surface area contributed by atoms with E-state index in [1.807, 2.05) is 6.92 Å². The number of carbonyl (C=O) groups is 1. The van der Waals surface area contributed by atoms with Crippen molar-refractivity contribution in [2.24, 2.45) is 11.1 Å². The van der Waals surface area contributed by atoms with Crippen molar-refractivity contribution >= 4 is 15.9 Å². The molecule has 1 unspecified atom stereocenters. The highest BCUT2D eigenvalue weighted by Gasteiger charge is 2.15. The van der Waals surface area contributed by atoms with Crippen LogP contribution in [0.3, 0.4) is 0 Å². The molecule has 0 aromatic heterocycles. The quantitative estimate of drug-likeness (QED) is 0.844. The molecule has 0 aliphatic rings. The van der Waals surface area contributed by atoms with Gasteiger partial charge in [-0.3, -0.25) is 4.79 Å². The van der Waals surface area contributed by atoms with Gasteiger partial charge < -0.3 is 5.32 Å². The Morgan fingerprint density at radius 2 is 1.81 bits per heavy atom. The molecule has 0 saturated carbocycles. The van der Waals surface area contributed by atoms with E-state index in [0.717, 1.165) is 12.8 Å². The van der Waals surface area contributed by atoms with Crippen LogP contribution in [0.5, 0.6) is 0 Å². The molecule has 5 nitrogen and oxygen atoms in total. The Balaban J connectivity index is 2.86. The molecule has 0 aliphatic heterocycles. The van der Waals surface area contributed by atoms with Crippen molar-refractivity contribution in [2.75, 3.05) is 0 Å². The molecule has 0 heterocycles. The molecule has 0 aliphatic carbocycles. The molecular formula is C15H24N2O3S. The molecule has 118 valence electrons. The first-order chi connectivity index (χ1) is 9.59. The molecule has 1 aromatic rings. The third-order valence-corrected chi connectivity index (χ3v) is 4.09. The zero-order valence-electron chi connectivity index (χ0n) is 13.0. The van der Waals surface area contributed by atoms with E-state index in [0.29, 0.717) is 17.0 Å². The summed E-state index contributed by atoms with van der Waals surface area (Å²) in [5, 5.41) is 8.00. The maximum Gasteiger partial charge on any atom is 0.251 e. The van der Waals surface area contributed by atoms with E-state index in [1.54, 1.807) is 13.0 Å². The number of rotatable bonds is 6. The summed E-state index contributed by atoms with van der Waals surface area (Å²) in [6, 6.07) is 4.46. The van der Waals surface area contributed by atoms with Crippen LogP contribution in [0.4, 0.5) is 0 Å². The lowest BCUT2D eigenvalue weighted by Gasteiger charge is -2.15. The maximum absolute atomic E-state index is 12.2. The molecule has 0 fully saturated rings. The first kappa shape index (κ1) is 17.7. The lowest BCUT2D eigenvalue weighted by atomic mass is 10.0. The van der Waals surface area contributed by atoms with Crippen LogP contribution in [0.25, 0.3) is 0 Å². The molecule has 0 spiro atoms. The van der Waals surface area contributed by atoms with Gasteiger partial charge in [-0.2, -0.15) is 0 Å². The van der Waals surface area contributed by atoms with Gasteiger partial charge >= 0.3 is 0 Å². The third-order valence-electron chi connectivity index (χ3n) is 3.20. The molecule has 0 radical (unpaired) electrons. The smallest absolute Gasteiger partial charge is 0.251 e. The summed E-state index contributed by atoms with van der Waals surface area (Å²) in [6.07, 6.45) is 1.91. The van der Waals surface area contributed by atoms with Gasteiger partial charge in [0.15, 0.2) is 0 Å². The summed E-state index contributed by atoms with van der Waals surface area (Å²) in [4.78, 5) is 12.1. The summed E-state index contributed by atoms with van der Waals surface area (Å²) < 4.78 is 22.8. The fourth-order valence-electron chi connectivity index (χ4n) is 2.01. The minimum atomic E-state index is -3.81. The summed E-state index contributed by atoms with van der Waals surface area (Å²) in [5.74, 6) is 0.303. The molecule has 3 N–H and O–H groups in total. The van der Waals surface area contributed by atoms with Crippen LogP contribution in [0.1, 0.15) is 49.5 Å². The zero-order chi connectivity index (χ0) is 16.2. The lowest BCUT2D eigenvalue weighted by molar-refractivity contribution is 0.0937. The number of hydrogen-bond acceptors (Lipinski definition) is 3. The van der Waals surface area contributed by atoms with Crippen LogP contribution < -0.4 is 10.5 Å². The van der Waals surface area contributed by atoms with Crippen LogP contribution in [-0.2, 0) is 10.0 Å². The van der Waals surface area contributed by atoms with E-state index in [-0.39, 0.29) is 16.8 Å². The van der Waals surface area contributed by atoms with Gasteiger partial charge in [0, 0.05) is 11.6 Å². The van der Waals surface area contributed by atoms with Crippen molar-refractivity contribution in [3.05, 3.63) is 29.3 Å². The highest BCUT2D eigenvalue weighted by molar-refractivity contribution is 7.89. The predicted octanol–water partition coefficient (Wildman–Crippen LogP) is 2.20. The van der Waals surface area contributed by atoms with Gasteiger partial charge in [-0.15, -0.1) is 0 Å². The minimum absolute atomic E-state index is 0.0394. The number of hydrogen-bond donors (Lipinski definition) is 2. The normalized spacial score (nSPS) is 13.2. The molecule has 0 bridgehead atoms. The SMILES string of the molecule is Cc1cc(C(=O)NC(C)CCC(C)C)cc(S(N)(=O)=O)c1. The highest BCUT2D eigenvalue weighted by atomic mass is 32.2. The van der Waals surface area contributed by atoms with Crippen LogP contribution >= 0.6 is 0 Å². The first-order valence-corrected chi connectivity index (χ1v) is 8.59. The van der Waals surface area contributed by atoms with Crippen molar-refractivity contribution < 1.29 is 13.2 Å². The van der Waals surface area contributed by atoms with E-state index in [4.69, 9.17) is 5.14 Å². The second-order valence-corrected chi connectivity index (χ2v) is 7.49. The number of carbonyl (C=O) groups excluding carboxylic acids is 1. The van der Waals surface area contributed by atoms with Crippen LogP contribution in [0.15, 0.2) is 23.1 Å². The monoisotopic (exact) mass is 312 g/mol. The Bertz CT molecular complexity index is 609. The van der Waals surface area contributed by atoms with E-state index in [9.17, 15) is 13.2 Å². The van der Waals surface area contributed by atoms with Crippen molar-refractivity contribution in [3.8, 4) is 0 Å². The van der Waals surface area contributed by atoms with E-state index >= 15 is 0 Å². The topological polar surface area (TPSA) is 89.3 Å². The molecule has 21 heavy (non-hydrogen) atoms. The number of nitrogens with one attached hydrogen (secondary N) is 1. The molecule has 1 aromatic carbocycles. The Morgan fingerprint density at radius 1 is 1.19 bits per heavy atom. The lowest BCUT2D eigenvalue weighted by Crippen LogP contribution is -2.33. The summed E-state index contributed by atoms with van der Waals surface area (Å²) in [6.45, 7) is 7.94. The Kier molecular flexibility index (Phi) is 5.92. The van der Waals surface area contributed by atoms with Crippen LogP contribution in [0.2, 0.25) is 0 Å². The van der Waals surface area contributed by atoms with Gasteiger partial charge in [-0.25, -0.2) is 13.6 Å². The average molecular weight is 312 g/mol. The predicted molar refractivity (Wildman–Crippen MR) is 83.6 cm³/mol. The van der Waals surface area contributed by atoms with Crippen LogP contribution in [0, 0.1) is 12.8 Å². The molecule has 1 atom stereocenters. The van der Waals surface area contributed by atoms with Crippen molar-refractivity contribution in [1.82, 2.24) is 5.32 Å². The van der Waals surface area contributed by atoms with Crippen molar-refractivity contribution in [1.29, 1.82) is 0 Å². The third kappa shape index (κ3) is 5.85. The first-order valence-electron chi connectivity index (χ1n) is 7.05. The van der Waals surface area contributed by atoms with Crippen molar-refractivity contribution in [2.45, 2.75) is 51.5 Å². The number of primary sulfonamides is 1. The van der Waals surface area contributed by atoms with E-state index < -0.39 is 10.0 Å². The Labute approximate surface area is 127 Å².